The van der Waals surface area contributed by atoms with E-state index >= 15 is 0 Å². The molecule has 0 aliphatic heterocycles. The third-order valence-corrected chi connectivity index (χ3v) is 3.65. The number of rotatable bonds is 3. The second-order valence-electron chi connectivity index (χ2n) is 4.90. The Hall–Kier alpha value is -1.33. The molecule has 1 amide bonds. The van der Waals surface area contributed by atoms with E-state index in [0.717, 1.165) is 19.3 Å². The molecule has 6 heteroatoms. The van der Waals surface area contributed by atoms with E-state index in [0.29, 0.717) is 23.6 Å². The van der Waals surface area contributed by atoms with Crippen molar-refractivity contribution in [3.8, 4) is 0 Å². The van der Waals surface area contributed by atoms with E-state index in [2.05, 4.69) is 10.3 Å². The summed E-state index contributed by atoms with van der Waals surface area (Å²) in [5, 5.41) is 3.02. The molecule has 106 valence electrons. The second-order valence-corrected chi connectivity index (χ2v) is 4.90. The average molecular weight is 286 g/mol. The number of hydrogen-bond acceptors (Lipinski definition) is 3. The van der Waals surface area contributed by atoms with Gasteiger partial charge in [0.05, 0.1) is 5.56 Å². The van der Waals surface area contributed by atoms with Crippen molar-refractivity contribution in [1.82, 2.24) is 10.3 Å². The van der Waals surface area contributed by atoms with Crippen LogP contribution in [0.4, 0.5) is 0 Å². The molecular formula is C13H20ClN3O2. The Kier molecular flexibility index (Phi) is 5.57. The lowest BCUT2D eigenvalue weighted by Crippen LogP contribution is -2.40. The SMILES string of the molecule is Cc1cc(=O)[nH]cc1C(=O)NC1CCCC1CN.Cl. The largest absolute Gasteiger partial charge is 0.349 e. The summed E-state index contributed by atoms with van der Waals surface area (Å²) < 4.78 is 0. The first kappa shape index (κ1) is 15.7. The van der Waals surface area contributed by atoms with E-state index in [4.69, 9.17) is 5.73 Å². The van der Waals surface area contributed by atoms with Crippen LogP contribution in [0, 0.1) is 12.8 Å². The summed E-state index contributed by atoms with van der Waals surface area (Å²) in [7, 11) is 0. The molecule has 1 aromatic heterocycles. The first-order valence-corrected chi connectivity index (χ1v) is 6.32. The number of nitrogens with two attached hydrogens (primary N) is 1. The van der Waals surface area contributed by atoms with Crippen LogP contribution in [-0.4, -0.2) is 23.5 Å². The van der Waals surface area contributed by atoms with Crippen molar-refractivity contribution in [1.29, 1.82) is 0 Å². The predicted octanol–water partition coefficient (Wildman–Crippen LogP) is 0.962. The monoisotopic (exact) mass is 285 g/mol. The molecule has 0 aromatic carbocycles. The van der Waals surface area contributed by atoms with Crippen LogP contribution in [-0.2, 0) is 0 Å². The summed E-state index contributed by atoms with van der Waals surface area (Å²) >= 11 is 0. The number of hydrogen-bond donors (Lipinski definition) is 3. The quantitative estimate of drug-likeness (QED) is 0.773. The maximum Gasteiger partial charge on any atom is 0.253 e. The molecule has 0 spiro atoms. The standard InChI is InChI=1S/C13H19N3O2.ClH/c1-8-5-12(17)15-7-10(8)13(18)16-11-4-2-3-9(11)6-14;/h5,7,9,11H,2-4,6,14H2,1H3,(H,15,17)(H,16,18);1H. The van der Waals surface area contributed by atoms with Gasteiger partial charge in [0.15, 0.2) is 0 Å². The minimum Gasteiger partial charge on any atom is -0.349 e. The number of nitrogens with one attached hydrogen (secondary N) is 2. The lowest BCUT2D eigenvalue weighted by molar-refractivity contribution is 0.0928. The molecule has 1 aromatic rings. The Morgan fingerprint density at radius 1 is 1.53 bits per heavy atom. The van der Waals surface area contributed by atoms with Crippen molar-refractivity contribution >= 4 is 18.3 Å². The normalized spacial score (nSPS) is 21.8. The van der Waals surface area contributed by atoms with E-state index in [1.165, 1.54) is 12.3 Å². The lowest BCUT2D eigenvalue weighted by Gasteiger charge is -2.19. The van der Waals surface area contributed by atoms with Crippen LogP contribution in [0.3, 0.4) is 0 Å². The van der Waals surface area contributed by atoms with Crippen molar-refractivity contribution in [2.24, 2.45) is 11.7 Å². The summed E-state index contributed by atoms with van der Waals surface area (Å²) in [5.74, 6) is 0.242. The Morgan fingerprint density at radius 3 is 2.89 bits per heavy atom. The van der Waals surface area contributed by atoms with Crippen LogP contribution in [0.25, 0.3) is 0 Å². The number of aromatic nitrogens is 1. The molecule has 1 aliphatic carbocycles. The molecule has 0 bridgehead atoms. The van der Waals surface area contributed by atoms with Crippen molar-refractivity contribution in [2.45, 2.75) is 32.2 Å². The molecule has 4 N–H and O–H groups in total. The molecular weight excluding hydrogens is 266 g/mol. The Morgan fingerprint density at radius 2 is 2.26 bits per heavy atom. The Balaban J connectivity index is 0.00000180. The zero-order chi connectivity index (χ0) is 13.1. The minimum atomic E-state index is -0.190. The second kappa shape index (κ2) is 6.73. The first-order valence-electron chi connectivity index (χ1n) is 6.32. The minimum absolute atomic E-state index is 0. The highest BCUT2D eigenvalue weighted by molar-refractivity contribution is 5.95. The zero-order valence-electron chi connectivity index (χ0n) is 10.9. The van der Waals surface area contributed by atoms with Crippen LogP contribution in [0.15, 0.2) is 17.1 Å². The molecule has 0 saturated heterocycles. The third-order valence-electron chi connectivity index (χ3n) is 3.65. The molecule has 1 heterocycles. The Bertz CT molecular complexity index is 501. The van der Waals surface area contributed by atoms with Gasteiger partial charge in [-0.25, -0.2) is 0 Å². The Labute approximate surface area is 118 Å². The van der Waals surface area contributed by atoms with Gasteiger partial charge < -0.3 is 16.0 Å². The van der Waals surface area contributed by atoms with E-state index in [1.54, 1.807) is 6.92 Å². The topological polar surface area (TPSA) is 88.0 Å². The van der Waals surface area contributed by atoms with Crippen LogP contribution >= 0.6 is 12.4 Å². The van der Waals surface area contributed by atoms with Gasteiger partial charge in [0.2, 0.25) is 5.56 Å². The number of halogens is 1. The van der Waals surface area contributed by atoms with Gasteiger partial charge >= 0.3 is 0 Å². The smallest absolute Gasteiger partial charge is 0.253 e. The van der Waals surface area contributed by atoms with Gasteiger partial charge in [-0.3, -0.25) is 9.59 Å². The van der Waals surface area contributed by atoms with Crippen LogP contribution in [0.5, 0.6) is 0 Å². The van der Waals surface area contributed by atoms with Crippen LogP contribution < -0.4 is 16.6 Å². The zero-order valence-corrected chi connectivity index (χ0v) is 11.8. The fraction of sp³-hybridized carbons (Fsp3) is 0.538. The molecule has 19 heavy (non-hydrogen) atoms. The summed E-state index contributed by atoms with van der Waals surface area (Å²) in [5.41, 5.74) is 6.72. The van der Waals surface area contributed by atoms with Gasteiger partial charge in [0.1, 0.15) is 0 Å². The molecule has 1 aliphatic rings. The summed E-state index contributed by atoms with van der Waals surface area (Å²) in [6.45, 7) is 2.37. The average Bonchev–Trinajstić information content (AvgIpc) is 2.76. The summed E-state index contributed by atoms with van der Waals surface area (Å²) in [6, 6.07) is 1.60. The maximum absolute atomic E-state index is 12.1. The highest BCUT2D eigenvalue weighted by atomic mass is 35.5. The highest BCUT2D eigenvalue weighted by Gasteiger charge is 2.27. The molecule has 1 saturated carbocycles. The van der Waals surface area contributed by atoms with Gasteiger partial charge in [-0.15, -0.1) is 12.4 Å². The number of amides is 1. The first-order chi connectivity index (χ1) is 8.61. The lowest BCUT2D eigenvalue weighted by atomic mass is 10.0. The molecule has 2 atom stereocenters. The van der Waals surface area contributed by atoms with Gasteiger partial charge in [-0.2, -0.15) is 0 Å². The van der Waals surface area contributed by atoms with Crippen molar-refractivity contribution in [3.63, 3.8) is 0 Å². The van der Waals surface area contributed by atoms with Gasteiger partial charge in [-0.1, -0.05) is 6.42 Å². The summed E-state index contributed by atoms with van der Waals surface area (Å²) in [4.78, 5) is 25.8. The number of aryl methyl sites for hydroxylation is 1. The molecule has 2 rings (SSSR count). The van der Waals surface area contributed by atoms with E-state index in [9.17, 15) is 9.59 Å². The number of carbonyl (C=O) groups is 1. The number of pyridine rings is 1. The number of aromatic amines is 1. The van der Waals surface area contributed by atoms with Crippen molar-refractivity contribution in [3.05, 3.63) is 33.7 Å². The van der Waals surface area contributed by atoms with Crippen LogP contribution in [0.2, 0.25) is 0 Å². The van der Waals surface area contributed by atoms with E-state index < -0.39 is 0 Å². The van der Waals surface area contributed by atoms with Crippen LogP contribution in [0.1, 0.15) is 35.2 Å². The fourth-order valence-corrected chi connectivity index (χ4v) is 2.57. The van der Waals surface area contributed by atoms with Gasteiger partial charge in [0.25, 0.3) is 5.91 Å². The van der Waals surface area contributed by atoms with Gasteiger partial charge in [-0.05, 0) is 37.8 Å². The number of H-pyrrole nitrogens is 1. The van der Waals surface area contributed by atoms with Crippen molar-refractivity contribution in [2.75, 3.05) is 6.54 Å². The third kappa shape index (κ3) is 3.58. The fourth-order valence-electron chi connectivity index (χ4n) is 2.57. The van der Waals surface area contributed by atoms with Crippen molar-refractivity contribution < 1.29 is 4.79 Å². The molecule has 2 unspecified atom stereocenters. The summed E-state index contributed by atoms with van der Waals surface area (Å²) in [6.07, 6.45) is 4.64. The molecule has 5 nitrogen and oxygen atoms in total. The maximum atomic E-state index is 12.1. The van der Waals surface area contributed by atoms with E-state index in [1.807, 2.05) is 0 Å². The predicted molar refractivity (Wildman–Crippen MR) is 76.7 cm³/mol. The highest BCUT2D eigenvalue weighted by Crippen LogP contribution is 2.24. The molecule has 1 fully saturated rings. The van der Waals surface area contributed by atoms with E-state index in [-0.39, 0.29) is 29.9 Å². The number of carbonyl (C=O) groups excluding carboxylic acids is 1. The van der Waals surface area contributed by atoms with Gasteiger partial charge in [0, 0.05) is 18.3 Å². The molecule has 0 radical (unpaired) electrons.